The number of carbonyl (C=O) groups is 1. The second-order valence-corrected chi connectivity index (χ2v) is 4.91. The fourth-order valence-electron chi connectivity index (χ4n) is 1.94. The molecule has 0 bridgehead atoms. The fourth-order valence-corrected chi connectivity index (χ4v) is 1.94. The number of hydrogen-bond donors (Lipinski definition) is 2. The molecular weight excluding hydrogens is 242 g/mol. The normalized spacial score (nSPS) is 10.6. The van der Waals surface area contributed by atoms with E-state index in [1.54, 1.807) is 0 Å². The molecule has 4 heteroatoms. The minimum atomic E-state index is 0.0339. The highest BCUT2D eigenvalue weighted by Crippen LogP contribution is 2.09. The summed E-state index contributed by atoms with van der Waals surface area (Å²) in [6.45, 7) is 3.62. The Morgan fingerprint density at radius 1 is 1.00 bits per heavy atom. The Hall–Kier alpha value is -0.610. The number of aliphatic hydroxyl groups excluding tert-OH is 1. The number of amides is 1. The van der Waals surface area contributed by atoms with Crippen LogP contribution in [0.15, 0.2) is 0 Å². The summed E-state index contributed by atoms with van der Waals surface area (Å²) in [5, 5.41) is 11.3. The van der Waals surface area contributed by atoms with Crippen LogP contribution >= 0.6 is 0 Å². The van der Waals surface area contributed by atoms with E-state index in [1.807, 2.05) is 0 Å². The molecule has 0 heterocycles. The minimum absolute atomic E-state index is 0.0339. The number of hydrogen-bond acceptors (Lipinski definition) is 3. The molecule has 19 heavy (non-hydrogen) atoms. The van der Waals surface area contributed by atoms with Crippen LogP contribution in [0.3, 0.4) is 0 Å². The van der Waals surface area contributed by atoms with Gasteiger partial charge >= 0.3 is 0 Å². The lowest BCUT2D eigenvalue weighted by molar-refractivity contribution is -0.121. The van der Waals surface area contributed by atoms with Crippen molar-refractivity contribution in [3.63, 3.8) is 0 Å². The lowest BCUT2D eigenvalue weighted by Gasteiger charge is -2.05. The summed E-state index contributed by atoms with van der Waals surface area (Å²) in [5.41, 5.74) is 0. The smallest absolute Gasteiger partial charge is 0.220 e. The number of carbonyl (C=O) groups excluding carboxylic acids is 1. The summed E-state index contributed by atoms with van der Waals surface area (Å²) in [7, 11) is 0. The van der Waals surface area contributed by atoms with Crippen molar-refractivity contribution in [1.82, 2.24) is 5.32 Å². The molecule has 0 aromatic carbocycles. The van der Waals surface area contributed by atoms with E-state index in [9.17, 15) is 4.79 Å². The predicted molar refractivity (Wildman–Crippen MR) is 78.1 cm³/mol. The standard InChI is InChI=1S/C15H31NO3/c1-2-3-4-5-6-7-8-9-10-15(18)16-11-13-19-14-12-17/h17H,2-14H2,1H3,(H,16,18). The maximum atomic E-state index is 11.4. The van der Waals surface area contributed by atoms with Gasteiger partial charge in [0.1, 0.15) is 0 Å². The summed E-state index contributed by atoms with van der Waals surface area (Å²) in [4.78, 5) is 11.4. The highest BCUT2D eigenvalue weighted by atomic mass is 16.5. The quantitative estimate of drug-likeness (QED) is 0.478. The molecule has 114 valence electrons. The van der Waals surface area contributed by atoms with Gasteiger partial charge in [-0.1, -0.05) is 51.9 Å². The molecule has 0 saturated heterocycles. The van der Waals surface area contributed by atoms with Gasteiger partial charge in [0, 0.05) is 13.0 Å². The van der Waals surface area contributed by atoms with Crippen LogP contribution in [0.5, 0.6) is 0 Å². The maximum absolute atomic E-state index is 11.4. The predicted octanol–water partition coefficient (Wildman–Crippen LogP) is 2.64. The van der Waals surface area contributed by atoms with Crippen molar-refractivity contribution < 1.29 is 14.6 Å². The van der Waals surface area contributed by atoms with Crippen molar-refractivity contribution in [3.8, 4) is 0 Å². The summed E-state index contributed by atoms with van der Waals surface area (Å²) >= 11 is 0. The summed E-state index contributed by atoms with van der Waals surface area (Å²) in [5.74, 6) is 0.110. The van der Waals surface area contributed by atoms with Gasteiger partial charge in [0.05, 0.1) is 19.8 Å². The molecule has 0 spiro atoms. The van der Waals surface area contributed by atoms with Gasteiger partial charge in [-0.05, 0) is 6.42 Å². The van der Waals surface area contributed by atoms with Gasteiger partial charge in [0.2, 0.25) is 5.91 Å². The van der Waals surface area contributed by atoms with Crippen LogP contribution < -0.4 is 5.32 Å². The third-order valence-electron chi connectivity index (χ3n) is 3.06. The van der Waals surface area contributed by atoms with Crippen LogP contribution in [0.1, 0.15) is 64.7 Å². The summed E-state index contributed by atoms with van der Waals surface area (Å²) in [6, 6.07) is 0. The topological polar surface area (TPSA) is 58.6 Å². The van der Waals surface area contributed by atoms with Crippen molar-refractivity contribution in [2.75, 3.05) is 26.4 Å². The van der Waals surface area contributed by atoms with Crippen LogP contribution in [0.4, 0.5) is 0 Å². The van der Waals surface area contributed by atoms with Gasteiger partial charge in [0.15, 0.2) is 0 Å². The van der Waals surface area contributed by atoms with Crippen molar-refractivity contribution in [1.29, 1.82) is 0 Å². The monoisotopic (exact) mass is 273 g/mol. The minimum Gasteiger partial charge on any atom is -0.394 e. The molecule has 0 aromatic heterocycles. The number of unbranched alkanes of at least 4 members (excludes halogenated alkanes) is 7. The molecule has 0 unspecified atom stereocenters. The zero-order valence-electron chi connectivity index (χ0n) is 12.5. The Balaban J connectivity index is 3.12. The summed E-state index contributed by atoms with van der Waals surface area (Å²) in [6.07, 6.45) is 10.6. The Labute approximate surface area is 117 Å². The van der Waals surface area contributed by atoms with E-state index in [0.29, 0.717) is 26.2 Å². The van der Waals surface area contributed by atoms with E-state index in [1.165, 1.54) is 38.5 Å². The van der Waals surface area contributed by atoms with E-state index in [2.05, 4.69) is 12.2 Å². The second-order valence-electron chi connectivity index (χ2n) is 4.91. The van der Waals surface area contributed by atoms with Crippen LogP contribution in [0, 0.1) is 0 Å². The first-order chi connectivity index (χ1) is 9.31. The maximum Gasteiger partial charge on any atom is 0.220 e. The van der Waals surface area contributed by atoms with Crippen molar-refractivity contribution in [2.24, 2.45) is 0 Å². The highest BCUT2D eigenvalue weighted by Gasteiger charge is 2.00. The molecule has 0 saturated carbocycles. The third-order valence-corrected chi connectivity index (χ3v) is 3.06. The fraction of sp³-hybridized carbons (Fsp3) is 0.933. The Bertz CT molecular complexity index is 198. The highest BCUT2D eigenvalue weighted by molar-refractivity contribution is 5.75. The first-order valence-electron chi connectivity index (χ1n) is 7.76. The number of ether oxygens (including phenoxy) is 1. The zero-order valence-corrected chi connectivity index (χ0v) is 12.5. The molecule has 4 nitrogen and oxygen atoms in total. The average Bonchev–Trinajstić information content (AvgIpc) is 2.41. The lowest BCUT2D eigenvalue weighted by atomic mass is 10.1. The molecule has 0 aliphatic rings. The lowest BCUT2D eigenvalue weighted by Crippen LogP contribution is -2.27. The Morgan fingerprint density at radius 2 is 1.63 bits per heavy atom. The van der Waals surface area contributed by atoms with E-state index >= 15 is 0 Å². The molecule has 0 atom stereocenters. The van der Waals surface area contributed by atoms with Crippen molar-refractivity contribution in [2.45, 2.75) is 64.7 Å². The van der Waals surface area contributed by atoms with E-state index in [-0.39, 0.29) is 12.5 Å². The van der Waals surface area contributed by atoms with Crippen molar-refractivity contribution in [3.05, 3.63) is 0 Å². The zero-order chi connectivity index (χ0) is 14.2. The van der Waals surface area contributed by atoms with Crippen molar-refractivity contribution >= 4 is 5.91 Å². The number of aliphatic hydroxyl groups is 1. The average molecular weight is 273 g/mol. The van der Waals surface area contributed by atoms with Gasteiger partial charge in [0.25, 0.3) is 0 Å². The van der Waals surface area contributed by atoms with Crippen LogP contribution in [0.25, 0.3) is 0 Å². The number of rotatable bonds is 14. The van der Waals surface area contributed by atoms with Gasteiger partial charge in [-0.2, -0.15) is 0 Å². The molecular formula is C15H31NO3. The first kappa shape index (κ1) is 18.4. The van der Waals surface area contributed by atoms with Crippen LogP contribution in [-0.2, 0) is 9.53 Å². The molecule has 0 fully saturated rings. The van der Waals surface area contributed by atoms with E-state index in [4.69, 9.17) is 9.84 Å². The molecule has 2 N–H and O–H groups in total. The third kappa shape index (κ3) is 15.3. The van der Waals surface area contributed by atoms with Gasteiger partial charge in [-0.25, -0.2) is 0 Å². The number of nitrogens with one attached hydrogen (secondary N) is 1. The SMILES string of the molecule is CCCCCCCCCCC(=O)NCCOCCO. The molecule has 0 radical (unpaired) electrons. The van der Waals surface area contributed by atoms with E-state index in [0.717, 1.165) is 12.8 Å². The second kappa shape index (κ2) is 15.4. The van der Waals surface area contributed by atoms with Crippen LogP contribution in [-0.4, -0.2) is 37.4 Å². The molecule has 0 rings (SSSR count). The first-order valence-corrected chi connectivity index (χ1v) is 7.76. The molecule has 0 aromatic rings. The molecule has 0 aliphatic heterocycles. The molecule has 0 aliphatic carbocycles. The van der Waals surface area contributed by atoms with Gasteiger partial charge in [-0.3, -0.25) is 4.79 Å². The molecule has 1 amide bonds. The van der Waals surface area contributed by atoms with Crippen LogP contribution in [0.2, 0.25) is 0 Å². The van der Waals surface area contributed by atoms with Gasteiger partial charge in [-0.15, -0.1) is 0 Å². The van der Waals surface area contributed by atoms with E-state index < -0.39 is 0 Å². The summed E-state index contributed by atoms with van der Waals surface area (Å²) < 4.78 is 5.06. The largest absolute Gasteiger partial charge is 0.394 e. The van der Waals surface area contributed by atoms with Gasteiger partial charge < -0.3 is 15.2 Å². The Kier molecular flexibility index (Phi) is 15.0. The Morgan fingerprint density at radius 3 is 2.26 bits per heavy atom.